The van der Waals surface area contributed by atoms with E-state index in [1.54, 1.807) is 6.07 Å². The van der Waals surface area contributed by atoms with Crippen molar-refractivity contribution in [3.63, 3.8) is 0 Å². The minimum absolute atomic E-state index is 0.314. The summed E-state index contributed by atoms with van der Waals surface area (Å²) in [5.74, 6) is -0.716. The Bertz CT molecular complexity index is 1210. The van der Waals surface area contributed by atoms with Crippen molar-refractivity contribution >= 4 is 10.8 Å². The molecular weight excluding hydrogens is 398 g/mol. The highest BCUT2D eigenvalue weighted by Gasteiger charge is 2.24. The maximum atomic E-state index is 15.6. The fourth-order valence-electron chi connectivity index (χ4n) is 4.34. The van der Waals surface area contributed by atoms with Crippen LogP contribution in [-0.2, 0) is 6.42 Å². The molecule has 0 spiro atoms. The Morgan fingerprint density at radius 1 is 0.844 bits per heavy atom. The summed E-state index contributed by atoms with van der Waals surface area (Å²) in [5.41, 5.74) is 3.90. The van der Waals surface area contributed by atoms with Crippen LogP contribution in [0.2, 0.25) is 0 Å². The lowest BCUT2D eigenvalue weighted by Gasteiger charge is -2.21. The van der Waals surface area contributed by atoms with Crippen molar-refractivity contribution in [2.75, 3.05) is 0 Å². The molecular formula is C30H28F2. The van der Waals surface area contributed by atoms with E-state index in [-0.39, 0.29) is 5.82 Å². The molecule has 4 aromatic carbocycles. The second-order valence-corrected chi connectivity index (χ2v) is 8.29. The van der Waals surface area contributed by atoms with Crippen LogP contribution < -0.4 is 0 Å². The molecule has 0 nitrogen and oxygen atoms in total. The number of rotatable bonds is 8. The largest absolute Gasteiger partial charge is 0.242 e. The van der Waals surface area contributed by atoms with E-state index in [0.717, 1.165) is 29.2 Å². The summed E-state index contributed by atoms with van der Waals surface area (Å²) in [7, 11) is 0. The quantitative estimate of drug-likeness (QED) is 0.247. The Labute approximate surface area is 189 Å². The zero-order chi connectivity index (χ0) is 22.5. The van der Waals surface area contributed by atoms with Crippen molar-refractivity contribution in [1.29, 1.82) is 0 Å². The van der Waals surface area contributed by atoms with Crippen molar-refractivity contribution in [3.8, 4) is 11.1 Å². The minimum atomic E-state index is -1.20. The monoisotopic (exact) mass is 426 g/mol. The number of hydrogen-bond donors (Lipinski definition) is 0. The number of aryl methyl sites for hydroxylation is 1. The third kappa shape index (κ3) is 4.65. The van der Waals surface area contributed by atoms with Gasteiger partial charge < -0.3 is 0 Å². The van der Waals surface area contributed by atoms with E-state index in [1.807, 2.05) is 85.8 Å². The average Bonchev–Trinajstić information content (AvgIpc) is 2.83. The van der Waals surface area contributed by atoms with E-state index in [2.05, 4.69) is 6.58 Å². The topological polar surface area (TPSA) is 0 Å². The summed E-state index contributed by atoms with van der Waals surface area (Å²) in [6, 6.07) is 26.7. The summed E-state index contributed by atoms with van der Waals surface area (Å²) in [6.45, 7) is 5.70. The van der Waals surface area contributed by atoms with Crippen LogP contribution in [0.1, 0.15) is 48.5 Å². The van der Waals surface area contributed by atoms with E-state index < -0.39 is 12.1 Å². The van der Waals surface area contributed by atoms with Crippen molar-refractivity contribution in [1.82, 2.24) is 0 Å². The summed E-state index contributed by atoms with van der Waals surface area (Å²) in [5, 5.41) is 2.10. The third-order valence-electron chi connectivity index (χ3n) is 6.21. The first-order valence-corrected chi connectivity index (χ1v) is 11.2. The zero-order valence-corrected chi connectivity index (χ0v) is 18.4. The molecule has 0 amide bonds. The molecule has 2 atom stereocenters. The van der Waals surface area contributed by atoms with Crippen LogP contribution in [-0.4, -0.2) is 0 Å². The van der Waals surface area contributed by atoms with E-state index in [4.69, 9.17) is 0 Å². The Morgan fingerprint density at radius 2 is 1.56 bits per heavy atom. The Kier molecular flexibility index (Phi) is 6.80. The molecule has 0 aliphatic carbocycles. The van der Waals surface area contributed by atoms with Crippen LogP contribution in [0.15, 0.2) is 97.6 Å². The molecule has 0 aliphatic heterocycles. The number of hydrogen-bond acceptors (Lipinski definition) is 0. The summed E-state index contributed by atoms with van der Waals surface area (Å²) in [4.78, 5) is 0. The van der Waals surface area contributed by atoms with Gasteiger partial charge >= 0.3 is 0 Å². The first kappa shape index (κ1) is 22.0. The molecule has 0 aliphatic rings. The third-order valence-corrected chi connectivity index (χ3v) is 6.21. The number of allylic oxidation sites excluding steroid dienone is 1. The number of fused-ring (bicyclic) bond motifs is 1. The van der Waals surface area contributed by atoms with Gasteiger partial charge in [0, 0.05) is 11.5 Å². The van der Waals surface area contributed by atoms with Gasteiger partial charge in [0.25, 0.3) is 0 Å². The molecule has 2 unspecified atom stereocenters. The number of alkyl halides is 1. The van der Waals surface area contributed by atoms with Gasteiger partial charge in [0.1, 0.15) is 12.0 Å². The lowest BCUT2D eigenvalue weighted by atomic mass is 9.86. The van der Waals surface area contributed by atoms with Gasteiger partial charge in [0.05, 0.1) is 0 Å². The fourth-order valence-corrected chi connectivity index (χ4v) is 4.34. The van der Waals surface area contributed by atoms with Crippen LogP contribution in [0.25, 0.3) is 21.9 Å². The smallest absolute Gasteiger partial charge is 0.132 e. The lowest BCUT2D eigenvalue weighted by molar-refractivity contribution is 0.282. The Balaban J connectivity index is 1.59. The van der Waals surface area contributed by atoms with Crippen molar-refractivity contribution < 1.29 is 8.78 Å². The Hall–Kier alpha value is -3.26. The van der Waals surface area contributed by atoms with E-state index in [9.17, 15) is 0 Å². The number of benzene rings is 4. The summed E-state index contributed by atoms with van der Waals surface area (Å²) in [6.07, 6.45) is 3.13. The van der Waals surface area contributed by atoms with Gasteiger partial charge in [0.15, 0.2) is 0 Å². The van der Waals surface area contributed by atoms with Crippen molar-refractivity contribution in [2.45, 2.75) is 38.3 Å². The summed E-state index contributed by atoms with van der Waals surface area (Å²) >= 11 is 0. The van der Waals surface area contributed by atoms with E-state index >= 15 is 8.78 Å². The van der Waals surface area contributed by atoms with Crippen molar-refractivity contribution in [2.24, 2.45) is 0 Å². The lowest BCUT2D eigenvalue weighted by Crippen LogP contribution is -2.07. The molecule has 0 fully saturated rings. The summed E-state index contributed by atoms with van der Waals surface area (Å²) < 4.78 is 30.7. The molecule has 2 heteroatoms. The van der Waals surface area contributed by atoms with Gasteiger partial charge in [-0.05, 0) is 64.4 Å². The van der Waals surface area contributed by atoms with Gasteiger partial charge in [-0.2, -0.15) is 0 Å². The molecule has 0 saturated carbocycles. The van der Waals surface area contributed by atoms with Crippen LogP contribution in [0.5, 0.6) is 0 Å². The van der Waals surface area contributed by atoms with Gasteiger partial charge in [0.2, 0.25) is 0 Å². The zero-order valence-electron chi connectivity index (χ0n) is 18.4. The average molecular weight is 427 g/mol. The highest BCUT2D eigenvalue weighted by molar-refractivity contribution is 5.83. The van der Waals surface area contributed by atoms with Gasteiger partial charge in [-0.25, -0.2) is 8.78 Å². The molecule has 0 N–H and O–H groups in total. The van der Waals surface area contributed by atoms with Gasteiger partial charge in [-0.3, -0.25) is 0 Å². The molecule has 0 bridgehead atoms. The first-order chi connectivity index (χ1) is 15.6. The minimum Gasteiger partial charge on any atom is -0.242 e. The van der Waals surface area contributed by atoms with Gasteiger partial charge in [-0.1, -0.05) is 85.8 Å². The predicted octanol–water partition coefficient (Wildman–Crippen LogP) is 8.97. The molecule has 32 heavy (non-hydrogen) atoms. The molecule has 0 heterocycles. The van der Waals surface area contributed by atoms with Crippen LogP contribution in [0.4, 0.5) is 8.78 Å². The fraction of sp³-hybridized carbons (Fsp3) is 0.200. The molecule has 0 radical (unpaired) electrons. The normalized spacial score (nSPS) is 13.1. The van der Waals surface area contributed by atoms with E-state index in [0.29, 0.717) is 23.1 Å². The second kappa shape index (κ2) is 9.91. The second-order valence-electron chi connectivity index (χ2n) is 8.29. The molecule has 162 valence electrons. The van der Waals surface area contributed by atoms with Crippen LogP contribution in [0, 0.1) is 5.82 Å². The Morgan fingerprint density at radius 3 is 2.25 bits per heavy atom. The molecule has 4 aromatic rings. The molecule has 0 aromatic heterocycles. The first-order valence-electron chi connectivity index (χ1n) is 11.2. The highest BCUT2D eigenvalue weighted by Crippen LogP contribution is 2.39. The van der Waals surface area contributed by atoms with Crippen LogP contribution in [0.3, 0.4) is 0 Å². The number of halogens is 2. The highest BCUT2D eigenvalue weighted by atomic mass is 19.1. The SMILES string of the molecule is C=CCCc1ccc(-c2ccc(C(CC)C(F)c3ccc4ccccc4c3)cc2F)cc1. The maximum absolute atomic E-state index is 15.6. The standard InChI is InChI=1S/C30H28F2/c1-3-5-8-21-11-13-23(14-12-21)28-18-17-25(20-29(28)31)27(4-2)30(32)26-16-15-22-9-6-7-10-24(22)19-26/h3,6-7,9-20,27,30H,1,4-5,8H2,2H3. The molecule has 4 rings (SSSR count). The van der Waals surface area contributed by atoms with Gasteiger partial charge in [-0.15, -0.1) is 6.58 Å². The van der Waals surface area contributed by atoms with Crippen molar-refractivity contribution in [3.05, 3.63) is 120 Å². The molecule has 0 saturated heterocycles. The maximum Gasteiger partial charge on any atom is 0.132 e. The van der Waals surface area contributed by atoms with Crippen LogP contribution >= 0.6 is 0 Å². The predicted molar refractivity (Wildman–Crippen MR) is 131 cm³/mol. The van der Waals surface area contributed by atoms with E-state index in [1.165, 1.54) is 11.6 Å².